The molecule has 0 aliphatic carbocycles. The molecule has 2 aromatic carbocycles. The van der Waals surface area contributed by atoms with Gasteiger partial charge in [0.15, 0.2) is 0 Å². The highest BCUT2D eigenvalue weighted by molar-refractivity contribution is 9.10. The highest BCUT2D eigenvalue weighted by Crippen LogP contribution is 2.19. The minimum atomic E-state index is -3.54. The number of hydrogen-bond acceptors (Lipinski definition) is 2. The zero-order valence-electron chi connectivity index (χ0n) is 11.4. The first-order valence-corrected chi connectivity index (χ1v) is 9.05. The quantitative estimate of drug-likeness (QED) is 0.841. The second-order valence-electron chi connectivity index (χ2n) is 4.78. The Bertz CT molecular complexity index is 734. The second kappa shape index (κ2) is 6.92. The Kier molecular flexibility index (Phi) is 5.43. The van der Waals surface area contributed by atoms with Gasteiger partial charge in [-0.3, -0.25) is 0 Å². The second-order valence-corrected chi connectivity index (χ2v) is 7.81. The Balaban J connectivity index is 2.12. The molecule has 6 heteroatoms. The number of nitrogens with one attached hydrogen (secondary N) is 1. The van der Waals surface area contributed by atoms with Crippen LogP contribution in [0.5, 0.6) is 0 Å². The van der Waals surface area contributed by atoms with Gasteiger partial charge in [0.05, 0.1) is 4.90 Å². The van der Waals surface area contributed by atoms with E-state index < -0.39 is 10.0 Å². The Morgan fingerprint density at radius 3 is 2.57 bits per heavy atom. The van der Waals surface area contributed by atoms with Crippen molar-refractivity contribution < 1.29 is 8.42 Å². The van der Waals surface area contributed by atoms with E-state index in [-0.39, 0.29) is 10.9 Å². The summed E-state index contributed by atoms with van der Waals surface area (Å²) in [4.78, 5) is 0.239. The van der Waals surface area contributed by atoms with Crippen LogP contribution in [0, 0.1) is 0 Å². The Morgan fingerprint density at radius 2 is 1.90 bits per heavy atom. The molecule has 0 amide bonds. The third-order valence-electron chi connectivity index (χ3n) is 2.95. The first-order valence-electron chi connectivity index (χ1n) is 6.40. The minimum Gasteiger partial charge on any atom is -0.208 e. The van der Waals surface area contributed by atoms with E-state index in [0.29, 0.717) is 11.4 Å². The van der Waals surface area contributed by atoms with E-state index in [0.717, 1.165) is 10.0 Å². The molecule has 0 fully saturated rings. The van der Waals surface area contributed by atoms with E-state index in [2.05, 4.69) is 20.7 Å². The lowest BCUT2D eigenvalue weighted by atomic mass is 10.1. The van der Waals surface area contributed by atoms with Crippen LogP contribution in [0.25, 0.3) is 0 Å². The van der Waals surface area contributed by atoms with Crippen LogP contribution in [0.3, 0.4) is 0 Å². The number of benzene rings is 2. The van der Waals surface area contributed by atoms with E-state index in [4.69, 9.17) is 11.6 Å². The predicted molar refractivity (Wildman–Crippen MR) is 89.1 cm³/mol. The van der Waals surface area contributed by atoms with Gasteiger partial charge in [-0.15, -0.1) is 0 Å². The van der Waals surface area contributed by atoms with Gasteiger partial charge in [-0.1, -0.05) is 51.8 Å². The van der Waals surface area contributed by atoms with Crippen molar-refractivity contribution >= 4 is 37.6 Å². The summed E-state index contributed by atoms with van der Waals surface area (Å²) in [6, 6.07) is 13.8. The first kappa shape index (κ1) is 16.5. The summed E-state index contributed by atoms with van der Waals surface area (Å²) in [7, 11) is -3.54. The number of hydrogen-bond donors (Lipinski definition) is 1. The molecule has 1 N–H and O–H groups in total. The molecule has 2 rings (SSSR count). The molecule has 0 saturated heterocycles. The summed E-state index contributed by atoms with van der Waals surface area (Å²) in [5, 5.41) is 0.644. The maximum atomic E-state index is 12.3. The molecule has 3 nitrogen and oxygen atoms in total. The van der Waals surface area contributed by atoms with E-state index in [9.17, 15) is 8.42 Å². The lowest BCUT2D eigenvalue weighted by Gasteiger charge is -2.15. The van der Waals surface area contributed by atoms with Gasteiger partial charge in [0.1, 0.15) is 0 Å². The van der Waals surface area contributed by atoms with Gasteiger partial charge in [0, 0.05) is 15.5 Å². The lowest BCUT2D eigenvalue weighted by molar-refractivity contribution is 0.559. The first-order chi connectivity index (χ1) is 9.88. The summed E-state index contributed by atoms with van der Waals surface area (Å²) in [6.07, 6.45) is 0.535. The van der Waals surface area contributed by atoms with Crippen molar-refractivity contribution in [2.75, 3.05) is 0 Å². The molecule has 0 aromatic heterocycles. The van der Waals surface area contributed by atoms with Gasteiger partial charge in [-0.05, 0) is 43.2 Å². The summed E-state index contributed by atoms with van der Waals surface area (Å²) in [5.74, 6) is 0. The number of rotatable bonds is 5. The van der Waals surface area contributed by atoms with Crippen molar-refractivity contribution in [3.63, 3.8) is 0 Å². The minimum absolute atomic E-state index is 0.239. The van der Waals surface area contributed by atoms with E-state index in [1.807, 2.05) is 25.1 Å². The fourth-order valence-electron chi connectivity index (χ4n) is 2.00. The maximum Gasteiger partial charge on any atom is 0.240 e. The van der Waals surface area contributed by atoms with Crippen LogP contribution in [-0.4, -0.2) is 14.5 Å². The van der Waals surface area contributed by atoms with E-state index in [1.54, 1.807) is 30.3 Å². The predicted octanol–water partition coefficient (Wildman–Crippen LogP) is 4.01. The fraction of sp³-hybridized carbons (Fsp3) is 0.200. The van der Waals surface area contributed by atoms with Crippen molar-refractivity contribution in [2.45, 2.75) is 24.3 Å². The standard InChI is InChI=1S/C15H15BrClNO2S/c1-11(9-12-5-2-3-8-15(12)17)18-21(19,20)14-7-4-6-13(16)10-14/h2-8,10-11,18H,9H2,1H3. The topological polar surface area (TPSA) is 46.2 Å². The number of halogens is 2. The SMILES string of the molecule is CC(Cc1ccccc1Cl)NS(=O)(=O)c1cccc(Br)c1. The molecule has 0 saturated carbocycles. The molecular weight excluding hydrogens is 374 g/mol. The molecule has 0 bridgehead atoms. The zero-order chi connectivity index (χ0) is 15.5. The molecule has 1 unspecified atom stereocenters. The highest BCUT2D eigenvalue weighted by Gasteiger charge is 2.18. The molecule has 0 heterocycles. The van der Waals surface area contributed by atoms with Gasteiger partial charge in [-0.2, -0.15) is 0 Å². The summed E-state index contributed by atoms with van der Waals surface area (Å²) >= 11 is 9.37. The molecule has 112 valence electrons. The van der Waals surface area contributed by atoms with Gasteiger partial charge in [0.25, 0.3) is 0 Å². The molecule has 0 radical (unpaired) electrons. The van der Waals surface area contributed by atoms with Crippen LogP contribution in [0.15, 0.2) is 57.9 Å². The maximum absolute atomic E-state index is 12.3. The van der Waals surface area contributed by atoms with Gasteiger partial charge in [0.2, 0.25) is 10.0 Å². The third kappa shape index (κ3) is 4.54. The van der Waals surface area contributed by atoms with Crippen molar-refractivity contribution in [1.29, 1.82) is 0 Å². The van der Waals surface area contributed by atoms with Gasteiger partial charge < -0.3 is 0 Å². The Labute approximate surface area is 138 Å². The van der Waals surface area contributed by atoms with E-state index >= 15 is 0 Å². The van der Waals surface area contributed by atoms with Gasteiger partial charge in [-0.25, -0.2) is 13.1 Å². The smallest absolute Gasteiger partial charge is 0.208 e. The molecule has 0 aliphatic heterocycles. The van der Waals surface area contributed by atoms with Crippen LogP contribution < -0.4 is 4.72 Å². The molecular formula is C15H15BrClNO2S. The zero-order valence-corrected chi connectivity index (χ0v) is 14.5. The molecule has 0 aliphatic rings. The average molecular weight is 389 g/mol. The van der Waals surface area contributed by atoms with Gasteiger partial charge >= 0.3 is 0 Å². The Morgan fingerprint density at radius 1 is 1.19 bits per heavy atom. The molecule has 0 spiro atoms. The van der Waals surface area contributed by atoms with E-state index in [1.165, 1.54) is 0 Å². The summed E-state index contributed by atoms with van der Waals surface area (Å²) in [5.41, 5.74) is 0.920. The van der Waals surface area contributed by atoms with Crippen LogP contribution in [-0.2, 0) is 16.4 Å². The van der Waals surface area contributed by atoms with Crippen molar-refractivity contribution in [3.8, 4) is 0 Å². The molecule has 21 heavy (non-hydrogen) atoms. The summed E-state index contributed by atoms with van der Waals surface area (Å²) < 4.78 is 28.0. The van der Waals surface area contributed by atoms with Crippen molar-refractivity contribution in [2.24, 2.45) is 0 Å². The van der Waals surface area contributed by atoms with Crippen LogP contribution in [0.4, 0.5) is 0 Å². The molecule has 2 aromatic rings. The monoisotopic (exact) mass is 387 g/mol. The normalized spacial score (nSPS) is 13.1. The molecule has 1 atom stereocenters. The van der Waals surface area contributed by atoms with Crippen molar-refractivity contribution in [3.05, 3.63) is 63.6 Å². The number of sulfonamides is 1. The summed E-state index contributed by atoms with van der Waals surface area (Å²) in [6.45, 7) is 1.82. The van der Waals surface area contributed by atoms with Crippen LogP contribution in [0.1, 0.15) is 12.5 Å². The largest absolute Gasteiger partial charge is 0.240 e. The fourth-order valence-corrected chi connectivity index (χ4v) is 4.06. The third-order valence-corrected chi connectivity index (χ3v) is 5.40. The van der Waals surface area contributed by atoms with Crippen LogP contribution >= 0.6 is 27.5 Å². The average Bonchev–Trinajstić information content (AvgIpc) is 2.41. The van der Waals surface area contributed by atoms with Crippen LogP contribution in [0.2, 0.25) is 5.02 Å². The Hall–Kier alpha value is -0.880. The lowest BCUT2D eigenvalue weighted by Crippen LogP contribution is -2.34. The highest BCUT2D eigenvalue weighted by atomic mass is 79.9. The van der Waals surface area contributed by atoms with Crippen molar-refractivity contribution in [1.82, 2.24) is 4.72 Å².